The smallest absolute Gasteiger partial charge is 0.290 e. The summed E-state index contributed by atoms with van der Waals surface area (Å²) in [5.41, 5.74) is 0.580. The maximum absolute atomic E-state index is 12.4. The molecule has 9 nitrogen and oxygen atoms in total. The van der Waals surface area contributed by atoms with Crippen molar-refractivity contribution < 1.29 is 19.5 Å². The summed E-state index contributed by atoms with van der Waals surface area (Å²) < 4.78 is 0. The first-order valence-corrected chi connectivity index (χ1v) is 8.51. The van der Waals surface area contributed by atoms with E-state index in [-0.39, 0.29) is 18.3 Å². The van der Waals surface area contributed by atoms with Gasteiger partial charge in [-0.15, -0.1) is 0 Å². The summed E-state index contributed by atoms with van der Waals surface area (Å²) in [6.45, 7) is 4.98. The number of hydrogen-bond acceptors (Lipinski definition) is 5. The molecule has 0 spiro atoms. The highest BCUT2D eigenvalue weighted by Crippen LogP contribution is 2.11. The number of aromatic amines is 1. The lowest BCUT2D eigenvalue weighted by molar-refractivity contribution is -0.132. The van der Waals surface area contributed by atoms with Crippen molar-refractivity contribution in [1.29, 1.82) is 0 Å². The number of nitrogens with zero attached hydrogens (tertiary/aromatic N) is 4. The summed E-state index contributed by atoms with van der Waals surface area (Å²) in [4.78, 5) is 39.0. The van der Waals surface area contributed by atoms with Crippen LogP contribution in [0.15, 0.2) is 12.4 Å². The van der Waals surface area contributed by atoms with Gasteiger partial charge in [0.15, 0.2) is 0 Å². The number of aromatic nitrogens is 2. The summed E-state index contributed by atoms with van der Waals surface area (Å²) in [5, 5.41) is 13.4. The van der Waals surface area contributed by atoms with Gasteiger partial charge in [0.05, 0.1) is 18.3 Å². The third-order valence-electron chi connectivity index (χ3n) is 4.44. The molecule has 138 valence electrons. The second kappa shape index (κ2) is 9.77. The van der Waals surface area contributed by atoms with Crippen LogP contribution >= 0.6 is 0 Å². The van der Waals surface area contributed by atoms with Crippen LogP contribution in [0.3, 0.4) is 0 Å². The normalized spacial score (nSPS) is 18.2. The van der Waals surface area contributed by atoms with Gasteiger partial charge in [-0.25, -0.2) is 0 Å². The number of hydrogen-bond donors (Lipinski definition) is 2. The molecule has 2 amide bonds. The molecule has 0 aromatic carbocycles. The predicted octanol–water partition coefficient (Wildman–Crippen LogP) is -0.119. The Morgan fingerprint density at radius 2 is 1.72 bits per heavy atom. The quantitative estimate of drug-likeness (QED) is 0.735. The number of nitrogens with one attached hydrogen (secondary N) is 1. The number of H-pyrrole nitrogens is 1. The van der Waals surface area contributed by atoms with Crippen LogP contribution in [0.5, 0.6) is 0 Å². The monoisotopic (exact) mass is 351 g/mol. The second-order valence-electron chi connectivity index (χ2n) is 6.10. The topological polar surface area (TPSA) is 110 Å². The Balaban J connectivity index is 0.000000701. The van der Waals surface area contributed by atoms with Gasteiger partial charge in [-0.1, -0.05) is 0 Å². The third kappa shape index (κ3) is 5.56. The molecule has 0 bridgehead atoms. The molecule has 2 saturated heterocycles. The first kappa shape index (κ1) is 18.9. The zero-order chi connectivity index (χ0) is 18.1. The van der Waals surface area contributed by atoms with Gasteiger partial charge in [-0.2, -0.15) is 5.10 Å². The van der Waals surface area contributed by atoms with Gasteiger partial charge >= 0.3 is 0 Å². The number of carbonyl (C=O) groups excluding carboxylic acids is 2. The van der Waals surface area contributed by atoms with E-state index in [1.807, 2.05) is 9.80 Å². The van der Waals surface area contributed by atoms with E-state index in [9.17, 15) is 9.59 Å². The lowest BCUT2D eigenvalue weighted by Gasteiger charge is -2.24. The first-order valence-electron chi connectivity index (χ1n) is 8.51. The molecule has 0 unspecified atom stereocenters. The Hall–Kier alpha value is -2.42. The van der Waals surface area contributed by atoms with Crippen molar-refractivity contribution >= 4 is 18.3 Å². The molecule has 2 aliphatic rings. The molecule has 1 aromatic rings. The number of likely N-dealkylation sites (tertiary alicyclic amines) is 1. The second-order valence-corrected chi connectivity index (χ2v) is 6.10. The molecular weight excluding hydrogens is 326 g/mol. The van der Waals surface area contributed by atoms with Crippen LogP contribution in [-0.4, -0.2) is 94.1 Å². The average Bonchev–Trinajstić information content (AvgIpc) is 3.25. The van der Waals surface area contributed by atoms with E-state index >= 15 is 0 Å². The Morgan fingerprint density at radius 1 is 1.08 bits per heavy atom. The number of carboxylic acid groups (broad SMARTS) is 1. The van der Waals surface area contributed by atoms with Gasteiger partial charge in [0, 0.05) is 32.4 Å². The van der Waals surface area contributed by atoms with Gasteiger partial charge in [0.2, 0.25) is 5.91 Å². The molecule has 2 N–H and O–H groups in total. The fraction of sp³-hybridized carbons (Fsp3) is 0.625. The zero-order valence-electron chi connectivity index (χ0n) is 14.3. The molecule has 3 rings (SSSR count). The van der Waals surface area contributed by atoms with Gasteiger partial charge in [-0.3, -0.25) is 24.4 Å². The minimum absolute atomic E-state index is 0.0115. The van der Waals surface area contributed by atoms with Crippen molar-refractivity contribution in [2.45, 2.75) is 19.3 Å². The molecule has 2 aliphatic heterocycles. The molecule has 2 fully saturated rings. The molecule has 9 heteroatoms. The van der Waals surface area contributed by atoms with Crippen LogP contribution in [0.2, 0.25) is 0 Å². The van der Waals surface area contributed by atoms with Gasteiger partial charge < -0.3 is 14.9 Å². The highest BCUT2D eigenvalue weighted by atomic mass is 16.3. The minimum atomic E-state index is -0.250. The molecule has 0 atom stereocenters. The van der Waals surface area contributed by atoms with Crippen molar-refractivity contribution in [3.05, 3.63) is 18.0 Å². The molecule has 3 heterocycles. The van der Waals surface area contributed by atoms with Crippen molar-refractivity contribution in [2.24, 2.45) is 0 Å². The Morgan fingerprint density at radius 3 is 2.36 bits per heavy atom. The van der Waals surface area contributed by atoms with E-state index in [1.165, 1.54) is 12.8 Å². The van der Waals surface area contributed by atoms with E-state index < -0.39 is 0 Å². The highest BCUT2D eigenvalue weighted by molar-refractivity contribution is 5.93. The predicted molar refractivity (Wildman–Crippen MR) is 90.1 cm³/mol. The number of carbonyl (C=O) groups is 3. The number of amides is 2. The summed E-state index contributed by atoms with van der Waals surface area (Å²) in [6, 6.07) is 0. The summed E-state index contributed by atoms with van der Waals surface area (Å²) in [7, 11) is 0. The lowest BCUT2D eigenvalue weighted by atomic mass is 10.3. The highest BCUT2D eigenvalue weighted by Gasteiger charge is 2.24. The van der Waals surface area contributed by atoms with Gasteiger partial charge in [0.1, 0.15) is 0 Å². The maximum atomic E-state index is 12.4. The largest absolute Gasteiger partial charge is 0.483 e. The summed E-state index contributed by atoms with van der Waals surface area (Å²) in [5.74, 6) is 0.183. The van der Waals surface area contributed by atoms with Crippen LogP contribution in [0.1, 0.15) is 29.6 Å². The van der Waals surface area contributed by atoms with E-state index in [1.54, 1.807) is 12.4 Å². The Labute approximate surface area is 146 Å². The van der Waals surface area contributed by atoms with E-state index in [0.717, 1.165) is 26.1 Å². The fourth-order valence-corrected chi connectivity index (χ4v) is 3.15. The lowest BCUT2D eigenvalue weighted by Crippen LogP contribution is -2.41. The fourth-order valence-electron chi connectivity index (χ4n) is 3.15. The van der Waals surface area contributed by atoms with Crippen molar-refractivity contribution in [3.8, 4) is 0 Å². The minimum Gasteiger partial charge on any atom is -0.483 e. The molecule has 0 radical (unpaired) electrons. The van der Waals surface area contributed by atoms with Crippen molar-refractivity contribution in [1.82, 2.24) is 24.9 Å². The SMILES string of the molecule is O=C(CN1CCCC1)N1CCCN(C(=O)c2cn[nH]c2)CC1.O=CO. The van der Waals surface area contributed by atoms with Crippen molar-refractivity contribution in [3.63, 3.8) is 0 Å². The average molecular weight is 351 g/mol. The number of rotatable bonds is 3. The van der Waals surface area contributed by atoms with Crippen LogP contribution in [0.4, 0.5) is 0 Å². The molecule has 25 heavy (non-hydrogen) atoms. The van der Waals surface area contributed by atoms with E-state index in [0.29, 0.717) is 31.7 Å². The Bertz CT molecular complexity index is 557. The van der Waals surface area contributed by atoms with E-state index in [2.05, 4.69) is 15.1 Å². The molecular formula is C16H25N5O4. The van der Waals surface area contributed by atoms with Crippen LogP contribution in [0, 0.1) is 0 Å². The van der Waals surface area contributed by atoms with Crippen molar-refractivity contribution in [2.75, 3.05) is 45.8 Å². The summed E-state index contributed by atoms with van der Waals surface area (Å²) >= 11 is 0. The zero-order valence-corrected chi connectivity index (χ0v) is 14.3. The standard InChI is InChI=1S/C15H23N5O2.CH2O2/c21-14(12-18-4-1-2-5-18)19-6-3-7-20(9-8-19)15(22)13-10-16-17-11-13;2-1-3/h10-11H,1-9,12H2,(H,16,17);1H,(H,2,3). The van der Waals surface area contributed by atoms with Gasteiger partial charge in [0.25, 0.3) is 12.4 Å². The molecule has 1 aromatic heterocycles. The molecule has 0 saturated carbocycles. The molecule has 0 aliphatic carbocycles. The van der Waals surface area contributed by atoms with Crippen LogP contribution < -0.4 is 0 Å². The van der Waals surface area contributed by atoms with Crippen LogP contribution in [0.25, 0.3) is 0 Å². The maximum Gasteiger partial charge on any atom is 0.290 e. The summed E-state index contributed by atoms with van der Waals surface area (Å²) in [6.07, 6.45) is 6.38. The first-order chi connectivity index (χ1) is 12.2. The Kier molecular flexibility index (Phi) is 7.39. The van der Waals surface area contributed by atoms with Crippen LogP contribution in [-0.2, 0) is 9.59 Å². The third-order valence-corrected chi connectivity index (χ3v) is 4.44. The van der Waals surface area contributed by atoms with E-state index in [4.69, 9.17) is 9.90 Å². The van der Waals surface area contributed by atoms with Gasteiger partial charge in [-0.05, 0) is 32.4 Å².